The smallest absolute Gasteiger partial charge is 0.432 e. The van der Waals surface area contributed by atoms with Crippen molar-refractivity contribution >= 4 is 17.6 Å². The number of aromatic nitrogens is 1. The number of carbonyl (C=O) groups excluding carboxylic acids is 1. The summed E-state index contributed by atoms with van der Waals surface area (Å²) in [5, 5.41) is 0.398. The summed E-state index contributed by atoms with van der Waals surface area (Å²) < 4.78 is 44.1. The molecular formula is C15H11ClF3NO3. The molecule has 0 aliphatic rings. The largest absolute Gasteiger partial charge is 0.462 e. The van der Waals surface area contributed by atoms with Gasteiger partial charge in [0, 0.05) is 16.8 Å². The van der Waals surface area contributed by atoms with Crippen molar-refractivity contribution in [3.05, 3.63) is 56.8 Å². The molecule has 1 heterocycles. The summed E-state index contributed by atoms with van der Waals surface area (Å²) in [7, 11) is 0. The summed E-state index contributed by atoms with van der Waals surface area (Å²) >= 11 is 5.72. The standard InChI is InChI=1S/C15H11ClF3NO3/c1-2-23-14(22)12-11(21)7-10(20-13(12)15(17,18)19)8-3-5-9(16)6-4-8/h3-7H,2H2,1H3,(H,20,21). The first-order valence-corrected chi connectivity index (χ1v) is 6.89. The number of ether oxygens (including phenoxy) is 1. The van der Waals surface area contributed by atoms with E-state index in [0.717, 1.165) is 6.07 Å². The molecule has 2 rings (SSSR count). The Morgan fingerprint density at radius 1 is 1.26 bits per heavy atom. The Labute approximate surface area is 133 Å². The molecule has 0 aliphatic heterocycles. The van der Waals surface area contributed by atoms with Crippen LogP contribution in [0, 0.1) is 0 Å². The number of hydrogen-bond acceptors (Lipinski definition) is 3. The maximum Gasteiger partial charge on any atom is 0.432 e. The van der Waals surface area contributed by atoms with Crippen LogP contribution < -0.4 is 5.43 Å². The fourth-order valence-electron chi connectivity index (χ4n) is 1.96. The van der Waals surface area contributed by atoms with Crippen molar-refractivity contribution in [1.29, 1.82) is 0 Å². The molecule has 8 heteroatoms. The lowest BCUT2D eigenvalue weighted by Crippen LogP contribution is -2.26. The first-order chi connectivity index (χ1) is 10.7. The Morgan fingerprint density at radius 3 is 2.39 bits per heavy atom. The lowest BCUT2D eigenvalue weighted by molar-refractivity contribution is -0.141. The Kier molecular flexibility index (Phi) is 4.79. The number of esters is 1. The van der Waals surface area contributed by atoms with E-state index in [-0.39, 0.29) is 12.3 Å². The highest BCUT2D eigenvalue weighted by molar-refractivity contribution is 6.30. The van der Waals surface area contributed by atoms with Crippen LogP contribution in [-0.2, 0) is 10.9 Å². The summed E-state index contributed by atoms with van der Waals surface area (Å²) in [6.45, 7) is 1.29. The molecular weight excluding hydrogens is 335 g/mol. The maximum atomic E-state index is 13.2. The van der Waals surface area contributed by atoms with Crippen LogP contribution in [0.5, 0.6) is 0 Å². The molecule has 1 aromatic carbocycles. The molecule has 2 aromatic rings. The number of pyridine rings is 1. The molecule has 0 aliphatic carbocycles. The molecule has 0 fully saturated rings. The molecule has 0 amide bonds. The van der Waals surface area contributed by atoms with Crippen molar-refractivity contribution in [2.45, 2.75) is 13.1 Å². The van der Waals surface area contributed by atoms with E-state index in [0.29, 0.717) is 10.6 Å². The molecule has 0 saturated carbocycles. The molecule has 0 atom stereocenters. The first kappa shape index (κ1) is 17.1. The quantitative estimate of drug-likeness (QED) is 0.858. The number of halogens is 4. The van der Waals surface area contributed by atoms with E-state index in [1.807, 2.05) is 0 Å². The Morgan fingerprint density at radius 2 is 1.87 bits per heavy atom. The van der Waals surface area contributed by atoms with E-state index in [9.17, 15) is 22.8 Å². The van der Waals surface area contributed by atoms with Gasteiger partial charge in [-0.2, -0.15) is 13.2 Å². The van der Waals surface area contributed by atoms with Gasteiger partial charge in [0.05, 0.1) is 6.61 Å². The lowest BCUT2D eigenvalue weighted by Gasteiger charge is -2.13. The summed E-state index contributed by atoms with van der Waals surface area (Å²) in [4.78, 5) is 25.8. The number of rotatable bonds is 3. The molecule has 0 radical (unpaired) electrons. The second-order valence-electron chi connectivity index (χ2n) is 4.52. The Bertz CT molecular complexity index is 782. The third-order valence-corrected chi connectivity index (χ3v) is 3.20. The third kappa shape index (κ3) is 3.73. The molecule has 0 bridgehead atoms. The Balaban J connectivity index is 2.66. The van der Waals surface area contributed by atoms with Gasteiger partial charge in [-0.05, 0) is 24.6 Å². The average Bonchev–Trinajstić information content (AvgIpc) is 2.46. The van der Waals surface area contributed by atoms with Gasteiger partial charge in [-0.3, -0.25) is 4.79 Å². The number of alkyl halides is 3. The number of H-pyrrole nitrogens is 1. The normalized spacial score (nSPS) is 11.3. The minimum atomic E-state index is -4.91. The van der Waals surface area contributed by atoms with Gasteiger partial charge in [0.15, 0.2) is 5.43 Å². The molecule has 0 unspecified atom stereocenters. The van der Waals surface area contributed by atoms with Gasteiger partial charge in [0.2, 0.25) is 0 Å². The van der Waals surface area contributed by atoms with Crippen molar-refractivity contribution < 1.29 is 22.7 Å². The SMILES string of the molecule is CCOC(=O)c1c(C(F)(F)F)[nH]c(-c2ccc(Cl)cc2)cc1=O. The topological polar surface area (TPSA) is 59.2 Å². The van der Waals surface area contributed by atoms with Crippen molar-refractivity contribution in [3.63, 3.8) is 0 Å². The van der Waals surface area contributed by atoms with Crippen molar-refractivity contribution in [3.8, 4) is 11.3 Å². The summed E-state index contributed by atoms with van der Waals surface area (Å²) in [5.41, 5.74) is -3.32. The van der Waals surface area contributed by atoms with Gasteiger partial charge in [0.25, 0.3) is 0 Å². The van der Waals surface area contributed by atoms with Crippen molar-refractivity contribution in [1.82, 2.24) is 4.98 Å². The van der Waals surface area contributed by atoms with Gasteiger partial charge in [-0.1, -0.05) is 23.7 Å². The zero-order valence-corrected chi connectivity index (χ0v) is 12.6. The molecule has 1 N–H and O–H groups in total. The van der Waals surface area contributed by atoms with Gasteiger partial charge >= 0.3 is 12.1 Å². The van der Waals surface area contributed by atoms with Gasteiger partial charge < -0.3 is 9.72 Å². The summed E-state index contributed by atoms with van der Waals surface area (Å²) in [6, 6.07) is 6.78. The van der Waals surface area contributed by atoms with Crippen molar-refractivity contribution in [2.75, 3.05) is 6.61 Å². The van der Waals surface area contributed by atoms with Crippen LogP contribution in [0.2, 0.25) is 5.02 Å². The van der Waals surface area contributed by atoms with E-state index in [2.05, 4.69) is 9.72 Å². The summed E-state index contributed by atoms with van der Waals surface area (Å²) in [6.07, 6.45) is -4.91. The highest BCUT2D eigenvalue weighted by Gasteiger charge is 2.38. The molecule has 0 spiro atoms. The predicted octanol–water partition coefficient (Wildman–Crippen LogP) is 3.89. The second-order valence-corrected chi connectivity index (χ2v) is 4.96. The number of benzene rings is 1. The molecule has 23 heavy (non-hydrogen) atoms. The average molecular weight is 346 g/mol. The van der Waals surface area contributed by atoms with Gasteiger partial charge in [0.1, 0.15) is 11.3 Å². The second kappa shape index (κ2) is 6.45. The van der Waals surface area contributed by atoms with Crippen molar-refractivity contribution in [2.24, 2.45) is 0 Å². The molecule has 1 aromatic heterocycles. The van der Waals surface area contributed by atoms with E-state index in [4.69, 9.17) is 11.6 Å². The molecule has 4 nitrogen and oxygen atoms in total. The van der Waals surface area contributed by atoms with Crippen LogP contribution in [0.15, 0.2) is 35.1 Å². The van der Waals surface area contributed by atoms with Crippen LogP contribution in [0.25, 0.3) is 11.3 Å². The number of hydrogen-bond donors (Lipinski definition) is 1. The lowest BCUT2D eigenvalue weighted by atomic mass is 10.1. The fourth-order valence-corrected chi connectivity index (χ4v) is 2.09. The van der Waals surface area contributed by atoms with Gasteiger partial charge in [-0.25, -0.2) is 4.79 Å². The van der Waals surface area contributed by atoms with E-state index in [1.165, 1.54) is 31.2 Å². The minimum Gasteiger partial charge on any atom is -0.462 e. The monoisotopic (exact) mass is 345 g/mol. The number of carbonyl (C=O) groups is 1. The zero-order chi connectivity index (χ0) is 17.2. The minimum absolute atomic E-state index is 0.0768. The first-order valence-electron chi connectivity index (χ1n) is 6.51. The van der Waals surface area contributed by atoms with Crippen LogP contribution in [-0.4, -0.2) is 17.6 Å². The molecule has 122 valence electrons. The third-order valence-electron chi connectivity index (χ3n) is 2.95. The van der Waals surface area contributed by atoms with E-state index in [1.54, 1.807) is 0 Å². The van der Waals surface area contributed by atoms with Gasteiger partial charge in [-0.15, -0.1) is 0 Å². The highest BCUT2D eigenvalue weighted by atomic mass is 35.5. The summed E-state index contributed by atoms with van der Waals surface area (Å²) in [5.74, 6) is -1.32. The Hall–Kier alpha value is -2.28. The number of nitrogens with one attached hydrogen (secondary N) is 1. The van der Waals surface area contributed by atoms with E-state index >= 15 is 0 Å². The fraction of sp³-hybridized carbons (Fsp3) is 0.200. The number of aromatic amines is 1. The zero-order valence-electron chi connectivity index (χ0n) is 11.8. The van der Waals surface area contributed by atoms with Crippen LogP contribution in [0.1, 0.15) is 23.0 Å². The van der Waals surface area contributed by atoms with Crippen LogP contribution in [0.4, 0.5) is 13.2 Å². The van der Waals surface area contributed by atoms with Crippen LogP contribution in [0.3, 0.4) is 0 Å². The molecule has 0 saturated heterocycles. The van der Waals surface area contributed by atoms with Crippen LogP contribution >= 0.6 is 11.6 Å². The predicted molar refractivity (Wildman–Crippen MR) is 78.5 cm³/mol. The maximum absolute atomic E-state index is 13.2. The highest BCUT2D eigenvalue weighted by Crippen LogP contribution is 2.31. The van der Waals surface area contributed by atoms with E-state index < -0.39 is 28.8 Å².